The standard InChI is InChI=1S/C29H28N4O4S2.C2H4F2O/c1-19(27-16-21-17-30-12-11-24(21)38-27)32-33(13-5-2-6-14-34)28(35)18-31-29(36)20-9-10-26-23(15-20)37-22-7-3-4-8-25(22)39-26;1-5-2(3)4/h3-4,7-12,14-17,19,32H,2,5-6,13,18H2,1H3,(H,31,36);2H,1H3/t19-;/m1./s1. The maximum atomic E-state index is 13.2. The van der Waals surface area contributed by atoms with Crippen molar-refractivity contribution in [2.45, 2.75) is 48.6 Å². The molecular formula is C31H32F2N4O5S2. The summed E-state index contributed by atoms with van der Waals surface area (Å²) in [6.07, 6.45) is 6.26. The number of rotatable bonds is 12. The molecule has 9 nitrogen and oxygen atoms in total. The van der Waals surface area contributed by atoms with Crippen molar-refractivity contribution in [3.05, 3.63) is 77.4 Å². The van der Waals surface area contributed by atoms with E-state index in [1.165, 1.54) is 0 Å². The Labute approximate surface area is 261 Å². The molecule has 2 aromatic carbocycles. The second-order valence-corrected chi connectivity index (χ2v) is 11.8. The van der Waals surface area contributed by atoms with Gasteiger partial charge in [0.2, 0.25) is 0 Å². The van der Waals surface area contributed by atoms with E-state index in [1.807, 2.05) is 49.5 Å². The van der Waals surface area contributed by atoms with Crippen LogP contribution < -0.4 is 15.5 Å². The molecule has 5 rings (SSSR count). The SMILES string of the molecule is COC(F)F.C[C@@H](NN(CCCCC=O)C(=O)CNC(=O)c1ccc2c(c1)Oc1ccccc1S2)c1cc2cnccc2s1. The average molecular weight is 643 g/mol. The maximum absolute atomic E-state index is 13.2. The Morgan fingerprint density at radius 2 is 1.86 bits per heavy atom. The molecule has 0 unspecified atom stereocenters. The van der Waals surface area contributed by atoms with Gasteiger partial charge in [-0.25, -0.2) is 5.43 Å². The van der Waals surface area contributed by atoms with Gasteiger partial charge in [-0.2, -0.15) is 8.78 Å². The van der Waals surface area contributed by atoms with Gasteiger partial charge >= 0.3 is 6.61 Å². The van der Waals surface area contributed by atoms with Crippen molar-refractivity contribution in [3.63, 3.8) is 0 Å². The van der Waals surface area contributed by atoms with Crippen LogP contribution in [0.1, 0.15) is 47.5 Å². The molecule has 13 heteroatoms. The van der Waals surface area contributed by atoms with Gasteiger partial charge in [-0.15, -0.1) is 11.3 Å². The van der Waals surface area contributed by atoms with Gasteiger partial charge in [0.05, 0.1) is 22.4 Å². The molecule has 232 valence electrons. The number of hydrazine groups is 1. The first-order chi connectivity index (χ1) is 21.3. The van der Waals surface area contributed by atoms with Crippen molar-refractivity contribution >= 4 is 51.3 Å². The number of carbonyl (C=O) groups excluding carboxylic acids is 3. The molecule has 3 heterocycles. The first-order valence-corrected chi connectivity index (χ1v) is 15.4. The quantitative estimate of drug-likeness (QED) is 0.0890. The van der Waals surface area contributed by atoms with Crippen LogP contribution in [0.5, 0.6) is 11.5 Å². The van der Waals surface area contributed by atoms with Gasteiger partial charge in [-0.05, 0) is 62.2 Å². The Kier molecular flexibility index (Phi) is 12.2. The summed E-state index contributed by atoms with van der Waals surface area (Å²) < 4.78 is 31.6. The number of nitrogens with zero attached hydrogens (tertiary/aromatic N) is 2. The highest BCUT2D eigenvalue weighted by Crippen LogP contribution is 2.46. The number of unbranched alkanes of at least 4 members (excludes halogenated alkanes) is 2. The molecular weight excluding hydrogens is 610 g/mol. The fourth-order valence-corrected chi connectivity index (χ4v) is 6.16. The van der Waals surface area contributed by atoms with Crippen LogP contribution in [0.3, 0.4) is 0 Å². The van der Waals surface area contributed by atoms with Crippen molar-refractivity contribution < 1.29 is 32.6 Å². The number of hydrogen-bond acceptors (Lipinski definition) is 9. The predicted octanol–water partition coefficient (Wildman–Crippen LogP) is 6.60. The summed E-state index contributed by atoms with van der Waals surface area (Å²) in [5.41, 5.74) is 3.71. The monoisotopic (exact) mass is 642 g/mol. The largest absolute Gasteiger partial charge is 0.455 e. The van der Waals surface area contributed by atoms with Crippen molar-refractivity contribution in [2.75, 3.05) is 20.2 Å². The molecule has 4 aromatic rings. The number of thiophene rings is 1. The number of nitrogens with one attached hydrogen (secondary N) is 2. The molecule has 0 radical (unpaired) electrons. The second-order valence-electron chi connectivity index (χ2n) is 9.61. The topological polar surface area (TPSA) is 110 Å². The molecule has 0 fully saturated rings. The minimum atomic E-state index is -2.62. The third-order valence-electron chi connectivity index (χ3n) is 6.44. The van der Waals surface area contributed by atoms with Crippen molar-refractivity contribution in [2.24, 2.45) is 0 Å². The van der Waals surface area contributed by atoms with E-state index < -0.39 is 6.61 Å². The highest BCUT2D eigenvalue weighted by atomic mass is 32.2. The number of pyridine rings is 1. The molecule has 2 aromatic heterocycles. The number of para-hydroxylation sites is 1. The summed E-state index contributed by atoms with van der Waals surface area (Å²) in [6, 6.07) is 16.9. The number of alkyl halides is 2. The fraction of sp³-hybridized carbons (Fsp3) is 0.290. The van der Waals surface area contributed by atoms with Gasteiger partial charge in [0.1, 0.15) is 17.8 Å². The first-order valence-electron chi connectivity index (χ1n) is 13.8. The Hall–Kier alpha value is -3.91. The zero-order chi connectivity index (χ0) is 31.5. The summed E-state index contributed by atoms with van der Waals surface area (Å²) in [5.74, 6) is 0.749. The van der Waals surface area contributed by atoms with Crippen LogP contribution in [-0.2, 0) is 14.3 Å². The fourth-order valence-electron chi connectivity index (χ4n) is 4.20. The van der Waals surface area contributed by atoms with Crippen molar-refractivity contribution in [1.82, 2.24) is 20.7 Å². The Balaban J connectivity index is 0.000000818. The minimum absolute atomic E-state index is 0.133. The highest BCUT2D eigenvalue weighted by Gasteiger charge is 2.22. The lowest BCUT2D eigenvalue weighted by Gasteiger charge is -2.27. The van der Waals surface area contributed by atoms with Gasteiger partial charge in [0.15, 0.2) is 0 Å². The van der Waals surface area contributed by atoms with E-state index in [4.69, 9.17) is 4.74 Å². The van der Waals surface area contributed by atoms with Gasteiger partial charge in [0, 0.05) is 53.0 Å². The predicted molar refractivity (Wildman–Crippen MR) is 165 cm³/mol. The number of benzene rings is 2. The molecule has 2 N–H and O–H groups in total. The third-order valence-corrected chi connectivity index (χ3v) is 8.85. The number of fused-ring (bicyclic) bond motifs is 3. The van der Waals surface area contributed by atoms with Crippen LogP contribution in [-0.4, -0.2) is 54.9 Å². The molecule has 0 aliphatic carbocycles. The molecule has 0 saturated carbocycles. The summed E-state index contributed by atoms with van der Waals surface area (Å²) in [5, 5.41) is 5.34. The van der Waals surface area contributed by atoms with Crippen LogP contribution in [0.2, 0.25) is 0 Å². The zero-order valence-corrected chi connectivity index (χ0v) is 25.8. The smallest absolute Gasteiger partial charge is 0.345 e. The van der Waals surface area contributed by atoms with E-state index in [2.05, 4.69) is 26.5 Å². The number of aldehydes is 1. The number of amides is 2. The number of ether oxygens (including phenoxy) is 2. The van der Waals surface area contributed by atoms with E-state index >= 15 is 0 Å². The summed E-state index contributed by atoms with van der Waals surface area (Å²) in [6.45, 7) is -0.373. The molecule has 0 bridgehead atoms. The molecule has 0 spiro atoms. The van der Waals surface area contributed by atoms with Crippen LogP contribution in [0, 0.1) is 0 Å². The minimum Gasteiger partial charge on any atom is -0.455 e. The normalized spacial score (nSPS) is 12.3. The van der Waals surface area contributed by atoms with Gasteiger partial charge < -0.3 is 19.6 Å². The molecule has 1 atom stereocenters. The molecule has 44 heavy (non-hydrogen) atoms. The number of carbonyl (C=O) groups is 3. The maximum Gasteiger partial charge on any atom is 0.345 e. The lowest BCUT2D eigenvalue weighted by Crippen LogP contribution is -2.48. The molecule has 2 amide bonds. The average Bonchev–Trinajstić information content (AvgIpc) is 3.48. The number of halogens is 2. The number of aromatic nitrogens is 1. The van der Waals surface area contributed by atoms with E-state index in [0.29, 0.717) is 37.1 Å². The van der Waals surface area contributed by atoms with Gasteiger partial charge in [-0.3, -0.25) is 19.6 Å². The van der Waals surface area contributed by atoms with Crippen LogP contribution in [0.25, 0.3) is 10.1 Å². The Morgan fingerprint density at radius 1 is 1.09 bits per heavy atom. The third kappa shape index (κ3) is 9.05. The van der Waals surface area contributed by atoms with E-state index in [1.54, 1.807) is 46.4 Å². The Morgan fingerprint density at radius 3 is 2.61 bits per heavy atom. The van der Waals surface area contributed by atoms with Crippen LogP contribution >= 0.6 is 23.1 Å². The van der Waals surface area contributed by atoms with Crippen molar-refractivity contribution in [3.8, 4) is 11.5 Å². The number of methoxy groups -OCH3 is 1. The molecule has 1 aliphatic heterocycles. The van der Waals surface area contributed by atoms with E-state index in [0.717, 1.165) is 43.9 Å². The van der Waals surface area contributed by atoms with E-state index in [-0.39, 0.29) is 24.4 Å². The van der Waals surface area contributed by atoms with Gasteiger partial charge in [0.25, 0.3) is 11.8 Å². The molecule has 0 saturated heterocycles. The van der Waals surface area contributed by atoms with E-state index in [9.17, 15) is 23.2 Å². The van der Waals surface area contributed by atoms with Gasteiger partial charge in [-0.1, -0.05) is 23.9 Å². The highest BCUT2D eigenvalue weighted by molar-refractivity contribution is 7.99. The second kappa shape index (κ2) is 16.2. The number of hydrogen-bond donors (Lipinski definition) is 2. The first kappa shape index (κ1) is 33.0. The zero-order valence-electron chi connectivity index (χ0n) is 24.1. The lowest BCUT2D eigenvalue weighted by molar-refractivity contribution is -0.134. The summed E-state index contributed by atoms with van der Waals surface area (Å²) in [7, 11) is 0.949. The van der Waals surface area contributed by atoms with Crippen molar-refractivity contribution in [1.29, 1.82) is 0 Å². The van der Waals surface area contributed by atoms with Crippen LogP contribution in [0.4, 0.5) is 8.78 Å². The Bertz CT molecular complexity index is 1550. The summed E-state index contributed by atoms with van der Waals surface area (Å²) >= 11 is 3.23. The summed E-state index contributed by atoms with van der Waals surface area (Å²) in [4.78, 5) is 44.1. The van der Waals surface area contributed by atoms with Crippen LogP contribution in [0.15, 0.2) is 76.8 Å². The molecule has 1 aliphatic rings. The lowest BCUT2D eigenvalue weighted by atomic mass is 10.2.